The summed E-state index contributed by atoms with van der Waals surface area (Å²) in [4.78, 5) is 16.2. The standard InChI is InChI=1S/C20H20N2O2/c1-2-4-19(23)16-7-9-17(10-8-16)21-13-15-6-11-18(22-14-15)20-5-3-12-24-20/h3,5-12,14,21H,2,4,13H2,1H3. The minimum Gasteiger partial charge on any atom is -0.463 e. The van der Waals surface area contributed by atoms with Gasteiger partial charge in [0.1, 0.15) is 5.69 Å². The summed E-state index contributed by atoms with van der Waals surface area (Å²) >= 11 is 0. The van der Waals surface area contributed by atoms with E-state index in [4.69, 9.17) is 4.42 Å². The van der Waals surface area contributed by atoms with Crippen molar-refractivity contribution in [2.45, 2.75) is 26.3 Å². The van der Waals surface area contributed by atoms with E-state index in [1.54, 1.807) is 6.26 Å². The molecule has 122 valence electrons. The van der Waals surface area contributed by atoms with Crippen LogP contribution in [0.5, 0.6) is 0 Å². The lowest BCUT2D eigenvalue weighted by Crippen LogP contribution is -2.02. The average Bonchev–Trinajstić information content (AvgIpc) is 3.16. The molecule has 0 saturated heterocycles. The number of carbonyl (C=O) groups excluding carboxylic acids is 1. The van der Waals surface area contributed by atoms with Crippen LogP contribution < -0.4 is 5.32 Å². The first-order valence-corrected chi connectivity index (χ1v) is 8.12. The topological polar surface area (TPSA) is 55.1 Å². The fraction of sp³-hybridized carbons (Fsp3) is 0.200. The van der Waals surface area contributed by atoms with Gasteiger partial charge in [-0.1, -0.05) is 13.0 Å². The lowest BCUT2D eigenvalue weighted by molar-refractivity contribution is 0.0982. The van der Waals surface area contributed by atoms with Gasteiger partial charge in [0.15, 0.2) is 11.5 Å². The number of ketones is 1. The first-order valence-electron chi connectivity index (χ1n) is 8.12. The Kier molecular flexibility index (Phi) is 5.06. The fourth-order valence-electron chi connectivity index (χ4n) is 2.45. The van der Waals surface area contributed by atoms with Crippen molar-refractivity contribution in [1.82, 2.24) is 4.98 Å². The molecule has 4 heteroatoms. The third-order valence-electron chi connectivity index (χ3n) is 3.78. The Bertz CT molecular complexity index is 776. The number of furan rings is 1. The molecule has 0 amide bonds. The summed E-state index contributed by atoms with van der Waals surface area (Å²) in [5, 5.41) is 3.34. The van der Waals surface area contributed by atoms with Crippen LogP contribution in [0.1, 0.15) is 35.7 Å². The summed E-state index contributed by atoms with van der Waals surface area (Å²) in [5.41, 5.74) is 3.66. The second kappa shape index (κ2) is 7.59. The van der Waals surface area contributed by atoms with Crippen molar-refractivity contribution < 1.29 is 9.21 Å². The Morgan fingerprint density at radius 1 is 1.12 bits per heavy atom. The van der Waals surface area contributed by atoms with Gasteiger partial charge in [0.2, 0.25) is 0 Å². The van der Waals surface area contributed by atoms with E-state index in [-0.39, 0.29) is 5.78 Å². The number of aromatic nitrogens is 1. The van der Waals surface area contributed by atoms with Gasteiger partial charge in [0.25, 0.3) is 0 Å². The van der Waals surface area contributed by atoms with Crippen LogP contribution in [0.4, 0.5) is 5.69 Å². The number of Topliss-reactive ketones (excluding diaryl/α,β-unsaturated/α-hetero) is 1. The number of nitrogens with one attached hydrogen (secondary N) is 1. The monoisotopic (exact) mass is 320 g/mol. The van der Waals surface area contributed by atoms with Crippen LogP contribution in [0.3, 0.4) is 0 Å². The molecular formula is C20H20N2O2. The highest BCUT2D eigenvalue weighted by Gasteiger charge is 2.05. The molecule has 4 nitrogen and oxygen atoms in total. The molecule has 0 aliphatic heterocycles. The number of anilines is 1. The van der Waals surface area contributed by atoms with Gasteiger partial charge in [-0.05, 0) is 54.4 Å². The molecule has 2 heterocycles. The van der Waals surface area contributed by atoms with E-state index in [2.05, 4.69) is 10.3 Å². The lowest BCUT2D eigenvalue weighted by Gasteiger charge is -2.07. The number of hydrogen-bond acceptors (Lipinski definition) is 4. The van der Waals surface area contributed by atoms with Crippen LogP contribution in [0.25, 0.3) is 11.5 Å². The highest BCUT2D eigenvalue weighted by Crippen LogP contribution is 2.18. The van der Waals surface area contributed by atoms with Gasteiger partial charge in [-0.15, -0.1) is 0 Å². The zero-order valence-corrected chi connectivity index (χ0v) is 13.7. The molecule has 0 aliphatic carbocycles. The maximum atomic E-state index is 11.8. The fourth-order valence-corrected chi connectivity index (χ4v) is 2.45. The van der Waals surface area contributed by atoms with Crippen LogP contribution >= 0.6 is 0 Å². The van der Waals surface area contributed by atoms with Crippen LogP contribution in [-0.2, 0) is 6.54 Å². The SMILES string of the molecule is CCCC(=O)c1ccc(NCc2ccc(-c3ccco3)nc2)cc1. The van der Waals surface area contributed by atoms with E-state index in [1.807, 2.05) is 61.7 Å². The zero-order valence-electron chi connectivity index (χ0n) is 13.7. The van der Waals surface area contributed by atoms with E-state index in [0.29, 0.717) is 13.0 Å². The molecular weight excluding hydrogens is 300 g/mol. The summed E-state index contributed by atoms with van der Waals surface area (Å²) in [6, 6.07) is 15.3. The summed E-state index contributed by atoms with van der Waals surface area (Å²) in [6.45, 7) is 2.69. The molecule has 24 heavy (non-hydrogen) atoms. The molecule has 0 radical (unpaired) electrons. The first kappa shape index (κ1) is 16.0. The molecule has 3 aromatic rings. The van der Waals surface area contributed by atoms with E-state index < -0.39 is 0 Å². The quantitative estimate of drug-likeness (QED) is 0.627. The smallest absolute Gasteiger partial charge is 0.162 e. The third-order valence-corrected chi connectivity index (χ3v) is 3.78. The summed E-state index contributed by atoms with van der Waals surface area (Å²) in [6.07, 6.45) is 4.95. The molecule has 0 bridgehead atoms. The largest absolute Gasteiger partial charge is 0.463 e. The highest BCUT2D eigenvalue weighted by atomic mass is 16.3. The van der Waals surface area contributed by atoms with E-state index in [1.165, 1.54) is 0 Å². The highest BCUT2D eigenvalue weighted by molar-refractivity contribution is 5.96. The molecule has 2 aromatic heterocycles. The maximum absolute atomic E-state index is 11.8. The molecule has 0 saturated carbocycles. The Balaban J connectivity index is 1.58. The van der Waals surface area contributed by atoms with Gasteiger partial charge < -0.3 is 9.73 Å². The van der Waals surface area contributed by atoms with Gasteiger partial charge in [-0.2, -0.15) is 0 Å². The minimum absolute atomic E-state index is 0.196. The molecule has 0 unspecified atom stereocenters. The molecule has 0 atom stereocenters. The van der Waals surface area contributed by atoms with Gasteiger partial charge in [-0.3, -0.25) is 9.78 Å². The second-order valence-electron chi connectivity index (χ2n) is 5.63. The Morgan fingerprint density at radius 3 is 2.58 bits per heavy atom. The lowest BCUT2D eigenvalue weighted by atomic mass is 10.1. The third kappa shape index (κ3) is 3.90. The van der Waals surface area contributed by atoms with Crippen molar-refractivity contribution in [2.24, 2.45) is 0 Å². The number of benzene rings is 1. The molecule has 0 spiro atoms. The zero-order chi connectivity index (χ0) is 16.8. The Labute approximate surface area is 141 Å². The number of hydrogen-bond donors (Lipinski definition) is 1. The van der Waals surface area contributed by atoms with Crippen molar-refractivity contribution in [1.29, 1.82) is 0 Å². The second-order valence-corrected chi connectivity index (χ2v) is 5.63. The van der Waals surface area contributed by atoms with Gasteiger partial charge in [-0.25, -0.2) is 0 Å². The van der Waals surface area contributed by atoms with Gasteiger partial charge in [0.05, 0.1) is 6.26 Å². The van der Waals surface area contributed by atoms with Crippen molar-refractivity contribution in [3.63, 3.8) is 0 Å². The molecule has 1 N–H and O–H groups in total. The van der Waals surface area contributed by atoms with Crippen LogP contribution in [0.15, 0.2) is 65.4 Å². The van der Waals surface area contributed by atoms with Gasteiger partial charge in [0, 0.05) is 30.4 Å². The van der Waals surface area contributed by atoms with Crippen LogP contribution in [-0.4, -0.2) is 10.8 Å². The number of rotatable bonds is 7. The summed E-state index contributed by atoms with van der Waals surface area (Å²) in [7, 11) is 0. The predicted molar refractivity (Wildman–Crippen MR) is 94.9 cm³/mol. The molecule has 0 fully saturated rings. The maximum Gasteiger partial charge on any atom is 0.162 e. The number of pyridine rings is 1. The summed E-state index contributed by atoms with van der Waals surface area (Å²) < 4.78 is 5.33. The number of carbonyl (C=O) groups is 1. The van der Waals surface area contributed by atoms with E-state index in [0.717, 1.165) is 34.7 Å². The van der Waals surface area contributed by atoms with Crippen LogP contribution in [0, 0.1) is 0 Å². The van der Waals surface area contributed by atoms with E-state index in [9.17, 15) is 4.79 Å². The average molecular weight is 320 g/mol. The molecule has 1 aromatic carbocycles. The van der Waals surface area contributed by atoms with Crippen molar-refractivity contribution in [3.05, 3.63) is 72.1 Å². The van der Waals surface area contributed by atoms with Crippen molar-refractivity contribution in [3.8, 4) is 11.5 Å². The first-order chi connectivity index (χ1) is 11.8. The summed E-state index contributed by atoms with van der Waals surface area (Å²) in [5.74, 6) is 0.962. The van der Waals surface area contributed by atoms with E-state index >= 15 is 0 Å². The van der Waals surface area contributed by atoms with Crippen molar-refractivity contribution in [2.75, 3.05) is 5.32 Å². The Hall–Kier alpha value is -2.88. The van der Waals surface area contributed by atoms with Gasteiger partial charge >= 0.3 is 0 Å². The minimum atomic E-state index is 0.196. The molecule has 0 aliphatic rings. The Morgan fingerprint density at radius 2 is 1.96 bits per heavy atom. The normalized spacial score (nSPS) is 10.5. The van der Waals surface area contributed by atoms with Crippen molar-refractivity contribution >= 4 is 11.5 Å². The number of nitrogens with zero attached hydrogens (tertiary/aromatic N) is 1. The molecule has 3 rings (SSSR count). The predicted octanol–water partition coefficient (Wildman–Crippen LogP) is 4.94. The van der Waals surface area contributed by atoms with Crippen LogP contribution in [0.2, 0.25) is 0 Å².